The summed E-state index contributed by atoms with van der Waals surface area (Å²) in [5.74, 6) is -1.52. The molecule has 1 aromatic heterocycles. The lowest BCUT2D eigenvalue weighted by molar-refractivity contribution is 0.511. The van der Waals surface area contributed by atoms with Gasteiger partial charge in [0.2, 0.25) is 0 Å². The van der Waals surface area contributed by atoms with Gasteiger partial charge >= 0.3 is 5.69 Å². The third-order valence-electron chi connectivity index (χ3n) is 6.33. The first kappa shape index (κ1) is 24.1. The lowest BCUT2D eigenvalue weighted by Crippen LogP contribution is -2.42. The molecule has 2 N–H and O–H groups in total. The van der Waals surface area contributed by atoms with E-state index in [1.54, 1.807) is 31.2 Å². The number of hydrogen-bond donors (Lipinski definition) is 1. The second-order valence-corrected chi connectivity index (χ2v) is 8.94. The Morgan fingerprint density at radius 3 is 2.06 bits per heavy atom. The van der Waals surface area contributed by atoms with Crippen LogP contribution in [0.25, 0.3) is 11.1 Å². The number of nitrogens with two attached hydrogens (primary N) is 1. The van der Waals surface area contributed by atoms with Crippen LogP contribution in [-0.4, -0.2) is 9.13 Å². The van der Waals surface area contributed by atoms with Crippen molar-refractivity contribution in [3.63, 3.8) is 0 Å². The monoisotopic (exact) mass is 475 g/mol. The summed E-state index contributed by atoms with van der Waals surface area (Å²) in [6.45, 7) is 7.14. The van der Waals surface area contributed by atoms with Crippen molar-refractivity contribution in [1.29, 1.82) is 0 Å². The molecule has 0 aliphatic rings. The number of halogens is 2. The predicted octanol–water partition coefficient (Wildman–Crippen LogP) is 5.12. The molecule has 35 heavy (non-hydrogen) atoms. The van der Waals surface area contributed by atoms with Crippen LogP contribution in [0.5, 0.6) is 0 Å². The smallest absolute Gasteiger partial charge is 0.331 e. The number of rotatable bonds is 5. The highest BCUT2D eigenvalue weighted by Crippen LogP contribution is 2.27. The van der Waals surface area contributed by atoms with Crippen LogP contribution < -0.4 is 17.0 Å². The molecule has 5 nitrogen and oxygen atoms in total. The van der Waals surface area contributed by atoms with Crippen LogP contribution in [0.3, 0.4) is 0 Å². The second-order valence-electron chi connectivity index (χ2n) is 8.94. The summed E-state index contributed by atoms with van der Waals surface area (Å²) in [4.78, 5) is 27.3. The Balaban J connectivity index is 2.01. The van der Waals surface area contributed by atoms with Crippen LogP contribution >= 0.6 is 0 Å². The molecule has 0 unspecified atom stereocenters. The van der Waals surface area contributed by atoms with Crippen LogP contribution in [0, 0.1) is 32.4 Å². The van der Waals surface area contributed by atoms with E-state index in [0.29, 0.717) is 22.4 Å². The number of nitrogens with zero attached hydrogens (tertiary/aromatic N) is 2. The molecule has 7 heteroatoms. The maximum absolute atomic E-state index is 14.5. The van der Waals surface area contributed by atoms with Crippen molar-refractivity contribution in [3.05, 3.63) is 121 Å². The Kier molecular flexibility index (Phi) is 6.43. The summed E-state index contributed by atoms with van der Waals surface area (Å²) in [6.07, 6.45) is 1.41. The molecule has 0 spiro atoms. The molecule has 0 saturated heterocycles. The van der Waals surface area contributed by atoms with E-state index in [2.05, 4.69) is 0 Å². The molecule has 1 atom stereocenters. The highest BCUT2D eigenvalue weighted by molar-refractivity contribution is 5.70. The molecular formula is C28H27F2N3O2. The van der Waals surface area contributed by atoms with Crippen molar-refractivity contribution >= 4 is 5.69 Å². The molecule has 4 rings (SSSR count). The molecule has 180 valence electrons. The molecule has 0 fully saturated rings. The largest absolute Gasteiger partial charge is 0.399 e. The Bertz CT molecular complexity index is 1490. The van der Waals surface area contributed by atoms with Gasteiger partial charge < -0.3 is 5.73 Å². The summed E-state index contributed by atoms with van der Waals surface area (Å²) in [5.41, 5.74) is 9.45. The number of anilines is 1. The van der Waals surface area contributed by atoms with E-state index in [9.17, 15) is 18.4 Å². The van der Waals surface area contributed by atoms with Gasteiger partial charge in [-0.25, -0.2) is 13.6 Å². The summed E-state index contributed by atoms with van der Waals surface area (Å²) < 4.78 is 31.3. The first-order chi connectivity index (χ1) is 16.6. The van der Waals surface area contributed by atoms with Crippen LogP contribution in [0.2, 0.25) is 0 Å². The fourth-order valence-corrected chi connectivity index (χ4v) is 4.63. The average molecular weight is 476 g/mol. The number of aryl methyl sites for hydroxylation is 3. The molecule has 1 heterocycles. The van der Waals surface area contributed by atoms with Gasteiger partial charge in [0.25, 0.3) is 5.56 Å². The van der Waals surface area contributed by atoms with Crippen molar-refractivity contribution in [2.75, 3.05) is 5.73 Å². The molecule has 0 aliphatic carbocycles. The maximum Gasteiger partial charge on any atom is 0.331 e. The molecule has 0 radical (unpaired) electrons. The van der Waals surface area contributed by atoms with Crippen molar-refractivity contribution in [1.82, 2.24) is 9.13 Å². The molecule has 0 aliphatic heterocycles. The number of hydrogen-bond acceptors (Lipinski definition) is 3. The molecular weight excluding hydrogens is 448 g/mol. The van der Waals surface area contributed by atoms with Gasteiger partial charge in [0.15, 0.2) is 0 Å². The number of benzene rings is 3. The van der Waals surface area contributed by atoms with Gasteiger partial charge in [-0.2, -0.15) is 0 Å². The van der Waals surface area contributed by atoms with E-state index in [1.165, 1.54) is 16.8 Å². The van der Waals surface area contributed by atoms with E-state index in [4.69, 9.17) is 5.73 Å². The van der Waals surface area contributed by atoms with Gasteiger partial charge in [-0.3, -0.25) is 13.9 Å². The predicted molar refractivity (Wildman–Crippen MR) is 135 cm³/mol. The van der Waals surface area contributed by atoms with Crippen LogP contribution in [-0.2, 0) is 6.54 Å². The summed E-state index contributed by atoms with van der Waals surface area (Å²) in [6, 6.07) is 13.7. The topological polar surface area (TPSA) is 70.0 Å². The van der Waals surface area contributed by atoms with Crippen LogP contribution in [0.1, 0.15) is 40.8 Å². The van der Waals surface area contributed by atoms with Crippen LogP contribution in [0.15, 0.2) is 70.4 Å². The fraction of sp³-hybridized carbons (Fsp3) is 0.214. The zero-order chi connectivity index (χ0) is 25.4. The Morgan fingerprint density at radius 2 is 1.49 bits per heavy atom. The van der Waals surface area contributed by atoms with Gasteiger partial charge in [0, 0.05) is 17.4 Å². The minimum atomic E-state index is -0.759. The fourth-order valence-electron chi connectivity index (χ4n) is 4.63. The van der Waals surface area contributed by atoms with Gasteiger partial charge in [-0.05, 0) is 74.2 Å². The summed E-state index contributed by atoms with van der Waals surface area (Å²) >= 11 is 0. The zero-order valence-corrected chi connectivity index (χ0v) is 20.1. The Labute approximate surface area is 202 Å². The van der Waals surface area contributed by atoms with Crippen LogP contribution in [0.4, 0.5) is 14.5 Å². The van der Waals surface area contributed by atoms with E-state index in [1.807, 2.05) is 32.9 Å². The number of aromatic nitrogens is 2. The third kappa shape index (κ3) is 4.54. The minimum Gasteiger partial charge on any atom is -0.399 e. The highest BCUT2D eigenvalue weighted by Gasteiger charge is 2.22. The van der Waals surface area contributed by atoms with Gasteiger partial charge in [0.1, 0.15) is 11.6 Å². The lowest BCUT2D eigenvalue weighted by atomic mass is 9.95. The lowest BCUT2D eigenvalue weighted by Gasteiger charge is -2.20. The second kappa shape index (κ2) is 9.33. The molecule has 0 bridgehead atoms. The molecule has 0 saturated carbocycles. The standard InChI is InChI=1S/C28H27F2N3O2/c1-16-12-17(2)26(18(3)13-16)23-15-32(14-22-24(29)6-5-7-25(22)30)28(35)33(27(23)34)19(4)20-8-10-21(31)11-9-20/h5-13,15,19H,14,31H2,1-4H3/t19-/m1/s1. The van der Waals surface area contributed by atoms with Gasteiger partial charge in [0.05, 0.1) is 18.2 Å². The Morgan fingerprint density at radius 1 is 0.914 bits per heavy atom. The molecule has 0 amide bonds. The summed E-state index contributed by atoms with van der Waals surface area (Å²) in [7, 11) is 0. The normalized spacial score (nSPS) is 12.1. The van der Waals surface area contributed by atoms with Gasteiger partial charge in [-0.15, -0.1) is 0 Å². The first-order valence-corrected chi connectivity index (χ1v) is 11.3. The summed E-state index contributed by atoms with van der Waals surface area (Å²) in [5, 5.41) is 0. The highest BCUT2D eigenvalue weighted by atomic mass is 19.1. The first-order valence-electron chi connectivity index (χ1n) is 11.3. The van der Waals surface area contributed by atoms with Gasteiger partial charge in [-0.1, -0.05) is 35.9 Å². The molecule has 4 aromatic rings. The quantitative estimate of drug-likeness (QED) is 0.407. The van der Waals surface area contributed by atoms with E-state index >= 15 is 0 Å². The third-order valence-corrected chi connectivity index (χ3v) is 6.33. The van der Waals surface area contributed by atoms with E-state index in [-0.39, 0.29) is 12.1 Å². The average Bonchev–Trinajstić information content (AvgIpc) is 2.78. The van der Waals surface area contributed by atoms with Crippen molar-refractivity contribution in [2.45, 2.75) is 40.3 Å². The molecule has 3 aromatic carbocycles. The zero-order valence-electron chi connectivity index (χ0n) is 20.1. The van der Waals surface area contributed by atoms with Crippen molar-refractivity contribution in [2.24, 2.45) is 0 Å². The maximum atomic E-state index is 14.5. The Hall–Kier alpha value is -4.00. The van der Waals surface area contributed by atoms with Crippen molar-refractivity contribution < 1.29 is 8.78 Å². The number of nitrogen functional groups attached to an aromatic ring is 1. The van der Waals surface area contributed by atoms with Crippen molar-refractivity contribution in [3.8, 4) is 11.1 Å². The van der Waals surface area contributed by atoms with E-state index in [0.717, 1.165) is 33.4 Å². The SMILES string of the molecule is Cc1cc(C)c(-c2cn(Cc3c(F)cccc3F)c(=O)n([C@H](C)c3ccc(N)cc3)c2=O)c(C)c1. The minimum absolute atomic E-state index is 0.247. The van der Waals surface area contributed by atoms with E-state index < -0.39 is 28.9 Å².